The first kappa shape index (κ1) is 12.6. The Morgan fingerprint density at radius 3 is 3.00 bits per heavy atom. The standard InChI is InChI=1S/C14H20N2O3/c1-17-9-11-10-18-13-4-2-3-12(14(13)19-11)16-7-5-15-6-8-16/h2-4,11,15H,5-10H2,1H3/t11-/m1/s1. The molecule has 0 unspecified atom stereocenters. The number of para-hydroxylation sites is 1. The third-order valence-electron chi connectivity index (χ3n) is 3.48. The monoisotopic (exact) mass is 264 g/mol. The first-order valence-electron chi connectivity index (χ1n) is 6.75. The van der Waals surface area contributed by atoms with Gasteiger partial charge in [0, 0.05) is 33.3 Å². The van der Waals surface area contributed by atoms with Gasteiger partial charge in [0.25, 0.3) is 0 Å². The molecule has 1 saturated heterocycles. The van der Waals surface area contributed by atoms with E-state index in [0.717, 1.165) is 43.4 Å². The molecule has 2 aliphatic rings. The van der Waals surface area contributed by atoms with Crippen molar-refractivity contribution >= 4 is 5.69 Å². The van der Waals surface area contributed by atoms with Gasteiger partial charge in [-0.25, -0.2) is 0 Å². The lowest BCUT2D eigenvalue weighted by Gasteiger charge is -2.34. The number of nitrogens with one attached hydrogen (secondary N) is 1. The smallest absolute Gasteiger partial charge is 0.185 e. The number of fused-ring (bicyclic) bond motifs is 1. The Hall–Kier alpha value is -1.46. The molecular weight excluding hydrogens is 244 g/mol. The van der Waals surface area contributed by atoms with Gasteiger partial charge in [-0.05, 0) is 12.1 Å². The Morgan fingerprint density at radius 1 is 1.37 bits per heavy atom. The highest BCUT2D eigenvalue weighted by Crippen LogP contribution is 2.40. The summed E-state index contributed by atoms with van der Waals surface area (Å²) in [5.74, 6) is 1.70. The molecule has 1 aromatic rings. The molecule has 1 atom stereocenters. The predicted molar refractivity (Wildman–Crippen MR) is 73.3 cm³/mol. The number of anilines is 1. The van der Waals surface area contributed by atoms with Crippen molar-refractivity contribution in [2.24, 2.45) is 0 Å². The van der Waals surface area contributed by atoms with Crippen molar-refractivity contribution in [2.75, 3.05) is 51.4 Å². The number of methoxy groups -OCH3 is 1. The lowest BCUT2D eigenvalue weighted by molar-refractivity contribution is 0.0275. The van der Waals surface area contributed by atoms with E-state index in [1.165, 1.54) is 0 Å². The molecule has 0 aliphatic carbocycles. The Labute approximate surface area is 113 Å². The molecular formula is C14H20N2O3. The molecule has 1 N–H and O–H groups in total. The Balaban J connectivity index is 1.85. The highest BCUT2D eigenvalue weighted by Gasteiger charge is 2.26. The Bertz CT molecular complexity index is 433. The van der Waals surface area contributed by atoms with Gasteiger partial charge in [0.15, 0.2) is 17.6 Å². The van der Waals surface area contributed by atoms with Crippen molar-refractivity contribution in [1.82, 2.24) is 5.32 Å². The van der Waals surface area contributed by atoms with E-state index in [0.29, 0.717) is 13.2 Å². The molecule has 5 nitrogen and oxygen atoms in total. The van der Waals surface area contributed by atoms with Crippen LogP contribution in [0.3, 0.4) is 0 Å². The van der Waals surface area contributed by atoms with E-state index in [9.17, 15) is 0 Å². The second kappa shape index (κ2) is 5.67. The zero-order valence-electron chi connectivity index (χ0n) is 11.2. The first-order chi connectivity index (χ1) is 9.38. The third kappa shape index (κ3) is 2.62. The summed E-state index contributed by atoms with van der Waals surface area (Å²) in [5, 5.41) is 3.36. The van der Waals surface area contributed by atoms with Crippen LogP contribution in [0.25, 0.3) is 0 Å². The second-order valence-electron chi connectivity index (χ2n) is 4.85. The van der Waals surface area contributed by atoms with Crippen molar-refractivity contribution in [3.05, 3.63) is 18.2 Å². The molecule has 1 aromatic carbocycles. The summed E-state index contributed by atoms with van der Waals surface area (Å²) in [6.07, 6.45) is -0.0263. The SMILES string of the molecule is COC[C@@H]1COc2cccc(N3CCNCC3)c2O1. The van der Waals surface area contributed by atoms with Crippen LogP contribution >= 0.6 is 0 Å². The van der Waals surface area contributed by atoms with E-state index in [4.69, 9.17) is 14.2 Å². The summed E-state index contributed by atoms with van der Waals surface area (Å²) < 4.78 is 17.0. The van der Waals surface area contributed by atoms with Gasteiger partial charge in [0.2, 0.25) is 0 Å². The molecule has 5 heteroatoms. The number of benzene rings is 1. The van der Waals surface area contributed by atoms with E-state index in [2.05, 4.69) is 16.3 Å². The van der Waals surface area contributed by atoms with E-state index in [1.807, 2.05) is 12.1 Å². The molecule has 0 radical (unpaired) electrons. The normalized spacial score (nSPS) is 22.4. The largest absolute Gasteiger partial charge is 0.486 e. The van der Waals surface area contributed by atoms with Gasteiger partial charge in [0.05, 0.1) is 12.3 Å². The fourth-order valence-corrected chi connectivity index (χ4v) is 2.54. The van der Waals surface area contributed by atoms with Crippen LogP contribution in [-0.2, 0) is 4.74 Å². The topological polar surface area (TPSA) is 43.0 Å². The van der Waals surface area contributed by atoms with Gasteiger partial charge in [-0.1, -0.05) is 6.07 Å². The Kier molecular flexibility index (Phi) is 3.75. The maximum atomic E-state index is 6.04. The van der Waals surface area contributed by atoms with Gasteiger partial charge < -0.3 is 24.4 Å². The minimum Gasteiger partial charge on any atom is -0.486 e. The summed E-state index contributed by atoms with van der Waals surface area (Å²) in [6, 6.07) is 6.09. The summed E-state index contributed by atoms with van der Waals surface area (Å²) in [6.45, 7) is 5.10. The number of hydrogen-bond donors (Lipinski definition) is 1. The molecule has 0 spiro atoms. The molecule has 3 rings (SSSR count). The third-order valence-corrected chi connectivity index (χ3v) is 3.48. The van der Waals surface area contributed by atoms with Gasteiger partial charge in [-0.3, -0.25) is 0 Å². The van der Waals surface area contributed by atoms with E-state index in [-0.39, 0.29) is 6.10 Å². The van der Waals surface area contributed by atoms with Crippen molar-refractivity contribution in [3.8, 4) is 11.5 Å². The minimum atomic E-state index is -0.0263. The van der Waals surface area contributed by atoms with Crippen LogP contribution in [0.1, 0.15) is 0 Å². The summed E-state index contributed by atoms with van der Waals surface area (Å²) in [5.41, 5.74) is 1.12. The number of piperazine rings is 1. The van der Waals surface area contributed by atoms with Crippen molar-refractivity contribution < 1.29 is 14.2 Å². The van der Waals surface area contributed by atoms with Crippen molar-refractivity contribution in [3.63, 3.8) is 0 Å². The lowest BCUT2D eigenvalue weighted by atomic mass is 10.2. The number of nitrogens with zero attached hydrogens (tertiary/aromatic N) is 1. The maximum absolute atomic E-state index is 6.04. The average Bonchev–Trinajstić information content (AvgIpc) is 2.48. The maximum Gasteiger partial charge on any atom is 0.185 e. The van der Waals surface area contributed by atoms with Crippen molar-refractivity contribution in [2.45, 2.75) is 6.10 Å². The molecule has 0 aromatic heterocycles. The van der Waals surface area contributed by atoms with Crippen LogP contribution in [0.15, 0.2) is 18.2 Å². The van der Waals surface area contributed by atoms with Crippen LogP contribution in [0, 0.1) is 0 Å². The van der Waals surface area contributed by atoms with Crippen molar-refractivity contribution in [1.29, 1.82) is 0 Å². The number of rotatable bonds is 3. The van der Waals surface area contributed by atoms with Gasteiger partial charge in [0.1, 0.15) is 6.61 Å². The molecule has 0 amide bonds. The fourth-order valence-electron chi connectivity index (χ4n) is 2.54. The molecule has 19 heavy (non-hydrogen) atoms. The highest BCUT2D eigenvalue weighted by atomic mass is 16.6. The average molecular weight is 264 g/mol. The van der Waals surface area contributed by atoms with Gasteiger partial charge in [-0.15, -0.1) is 0 Å². The van der Waals surface area contributed by atoms with Gasteiger partial charge in [-0.2, -0.15) is 0 Å². The molecule has 2 heterocycles. The van der Waals surface area contributed by atoms with Crippen LogP contribution in [-0.4, -0.2) is 52.6 Å². The number of ether oxygens (including phenoxy) is 3. The first-order valence-corrected chi connectivity index (χ1v) is 6.75. The lowest BCUT2D eigenvalue weighted by Crippen LogP contribution is -2.44. The highest BCUT2D eigenvalue weighted by molar-refractivity contribution is 5.65. The van der Waals surface area contributed by atoms with E-state index < -0.39 is 0 Å². The molecule has 1 fully saturated rings. The molecule has 0 saturated carbocycles. The molecule has 2 aliphatic heterocycles. The van der Waals surface area contributed by atoms with Crippen LogP contribution in [0.2, 0.25) is 0 Å². The fraction of sp³-hybridized carbons (Fsp3) is 0.571. The summed E-state index contributed by atoms with van der Waals surface area (Å²) in [4.78, 5) is 2.34. The second-order valence-corrected chi connectivity index (χ2v) is 4.85. The van der Waals surface area contributed by atoms with Crippen LogP contribution in [0.5, 0.6) is 11.5 Å². The summed E-state index contributed by atoms with van der Waals surface area (Å²) >= 11 is 0. The van der Waals surface area contributed by atoms with E-state index in [1.54, 1.807) is 7.11 Å². The molecule has 104 valence electrons. The quantitative estimate of drug-likeness (QED) is 0.878. The zero-order chi connectivity index (χ0) is 13.1. The summed E-state index contributed by atoms with van der Waals surface area (Å²) in [7, 11) is 1.68. The van der Waals surface area contributed by atoms with Crippen LogP contribution in [0.4, 0.5) is 5.69 Å². The number of hydrogen-bond acceptors (Lipinski definition) is 5. The zero-order valence-corrected chi connectivity index (χ0v) is 11.2. The minimum absolute atomic E-state index is 0.0263. The predicted octanol–water partition coefficient (Wildman–Crippen LogP) is 0.882. The van der Waals surface area contributed by atoms with Gasteiger partial charge >= 0.3 is 0 Å². The van der Waals surface area contributed by atoms with E-state index >= 15 is 0 Å². The molecule has 0 bridgehead atoms. The van der Waals surface area contributed by atoms with Crippen LogP contribution < -0.4 is 19.7 Å². The Morgan fingerprint density at radius 2 is 2.21 bits per heavy atom.